The molecule has 2 amide bonds. The summed E-state index contributed by atoms with van der Waals surface area (Å²) >= 11 is 7.48. The summed E-state index contributed by atoms with van der Waals surface area (Å²) in [7, 11) is 3.02. The Kier molecular flexibility index (Phi) is 4.82. The number of benzene rings is 1. The van der Waals surface area contributed by atoms with Gasteiger partial charge in [0.25, 0.3) is 5.91 Å². The molecule has 3 aromatic heterocycles. The molecule has 0 spiro atoms. The van der Waals surface area contributed by atoms with Gasteiger partial charge >= 0.3 is 0 Å². The number of halogens is 3. The van der Waals surface area contributed by atoms with Crippen LogP contribution in [0.2, 0.25) is 5.02 Å². The SMILES string of the molecule is CN(C)C(=O)c1c(F)c(Cl)c(-c2ccc3nc(NC(=O)[C@@H]4C[C@@H]4F)sc3n2)c2cn[nH]c12. The fourth-order valence-electron chi connectivity index (χ4n) is 3.43. The van der Waals surface area contributed by atoms with Crippen LogP contribution in [0.5, 0.6) is 0 Å². The monoisotopic (exact) mass is 476 g/mol. The first-order valence-electron chi connectivity index (χ1n) is 9.54. The molecule has 12 heteroatoms. The fourth-order valence-corrected chi connectivity index (χ4v) is 4.57. The highest BCUT2D eigenvalue weighted by Gasteiger charge is 2.43. The van der Waals surface area contributed by atoms with Crippen LogP contribution >= 0.6 is 22.9 Å². The number of hydrogen-bond donors (Lipinski definition) is 2. The third-order valence-electron chi connectivity index (χ3n) is 5.20. The first-order valence-corrected chi connectivity index (χ1v) is 10.7. The molecule has 164 valence electrons. The Hall–Kier alpha value is -3.18. The van der Waals surface area contributed by atoms with Gasteiger partial charge in [0, 0.05) is 25.0 Å². The van der Waals surface area contributed by atoms with Crippen molar-refractivity contribution in [3.63, 3.8) is 0 Å². The number of fused-ring (bicyclic) bond motifs is 2. The number of amides is 2. The number of rotatable bonds is 4. The molecule has 0 bridgehead atoms. The van der Waals surface area contributed by atoms with Crippen molar-refractivity contribution >= 4 is 61.1 Å². The number of anilines is 1. The molecule has 32 heavy (non-hydrogen) atoms. The van der Waals surface area contributed by atoms with Crippen molar-refractivity contribution in [1.82, 2.24) is 25.1 Å². The van der Waals surface area contributed by atoms with E-state index in [2.05, 4.69) is 25.5 Å². The summed E-state index contributed by atoms with van der Waals surface area (Å²) in [6, 6.07) is 3.28. The predicted molar refractivity (Wildman–Crippen MR) is 117 cm³/mol. The number of aromatic amines is 1. The summed E-state index contributed by atoms with van der Waals surface area (Å²) in [5.74, 6) is -2.47. The molecule has 1 aromatic carbocycles. The summed E-state index contributed by atoms with van der Waals surface area (Å²) < 4.78 is 28.3. The van der Waals surface area contributed by atoms with E-state index in [0.717, 1.165) is 11.3 Å². The number of alkyl halides is 1. The van der Waals surface area contributed by atoms with E-state index in [-0.39, 0.29) is 28.1 Å². The highest BCUT2D eigenvalue weighted by molar-refractivity contribution is 7.22. The summed E-state index contributed by atoms with van der Waals surface area (Å²) in [5, 5.41) is 9.72. The minimum absolute atomic E-state index is 0.202. The van der Waals surface area contributed by atoms with Gasteiger partial charge in [-0.1, -0.05) is 22.9 Å². The number of H-pyrrole nitrogens is 1. The Morgan fingerprint density at radius 3 is 2.75 bits per heavy atom. The second-order valence-corrected chi connectivity index (χ2v) is 8.98. The van der Waals surface area contributed by atoms with E-state index < -0.39 is 29.7 Å². The maximum atomic E-state index is 15.2. The van der Waals surface area contributed by atoms with E-state index in [4.69, 9.17) is 11.6 Å². The lowest BCUT2D eigenvalue weighted by Gasteiger charge is -2.15. The average Bonchev–Trinajstić information content (AvgIpc) is 3.11. The molecule has 3 heterocycles. The molecule has 1 fully saturated rings. The summed E-state index contributed by atoms with van der Waals surface area (Å²) in [6.45, 7) is 0. The molecule has 2 atom stereocenters. The number of carbonyl (C=O) groups is 2. The van der Waals surface area contributed by atoms with E-state index in [9.17, 15) is 14.0 Å². The van der Waals surface area contributed by atoms with Gasteiger partial charge in [0.05, 0.1) is 28.3 Å². The van der Waals surface area contributed by atoms with Crippen LogP contribution in [0.4, 0.5) is 13.9 Å². The lowest BCUT2D eigenvalue weighted by molar-refractivity contribution is -0.117. The van der Waals surface area contributed by atoms with Crippen molar-refractivity contribution in [3.8, 4) is 11.3 Å². The van der Waals surface area contributed by atoms with Gasteiger partial charge in [-0.05, 0) is 18.6 Å². The van der Waals surface area contributed by atoms with Gasteiger partial charge in [-0.25, -0.2) is 18.7 Å². The summed E-state index contributed by atoms with van der Waals surface area (Å²) in [6.07, 6.45) is 0.567. The molecule has 0 unspecified atom stereocenters. The van der Waals surface area contributed by atoms with Crippen molar-refractivity contribution in [2.45, 2.75) is 12.6 Å². The Balaban J connectivity index is 1.59. The van der Waals surface area contributed by atoms with Crippen LogP contribution in [0.1, 0.15) is 16.8 Å². The zero-order chi connectivity index (χ0) is 22.7. The summed E-state index contributed by atoms with van der Waals surface area (Å²) in [5.41, 5.74) is 1.16. The number of carbonyl (C=O) groups excluding carboxylic acids is 2. The third kappa shape index (κ3) is 3.28. The minimum atomic E-state index is -1.11. The van der Waals surface area contributed by atoms with E-state index in [1.165, 1.54) is 25.2 Å². The first kappa shape index (κ1) is 20.7. The third-order valence-corrected chi connectivity index (χ3v) is 6.44. The number of aromatic nitrogens is 4. The van der Waals surface area contributed by atoms with Gasteiger partial charge in [0.2, 0.25) is 5.91 Å². The van der Waals surface area contributed by atoms with Crippen LogP contribution in [-0.4, -0.2) is 57.1 Å². The van der Waals surface area contributed by atoms with Gasteiger partial charge < -0.3 is 10.2 Å². The maximum absolute atomic E-state index is 15.2. The second-order valence-electron chi connectivity index (χ2n) is 7.62. The first-order chi connectivity index (χ1) is 15.3. The smallest absolute Gasteiger partial charge is 0.258 e. The van der Waals surface area contributed by atoms with Crippen molar-refractivity contribution < 1.29 is 18.4 Å². The lowest BCUT2D eigenvalue weighted by atomic mass is 10.0. The molecule has 0 aliphatic heterocycles. The minimum Gasteiger partial charge on any atom is -0.345 e. The Morgan fingerprint density at radius 1 is 1.31 bits per heavy atom. The Morgan fingerprint density at radius 2 is 2.06 bits per heavy atom. The van der Waals surface area contributed by atoms with E-state index in [0.29, 0.717) is 26.6 Å². The molecule has 1 saturated carbocycles. The number of nitrogens with zero attached hydrogens (tertiary/aromatic N) is 4. The van der Waals surface area contributed by atoms with Gasteiger partial charge in [-0.2, -0.15) is 5.10 Å². The molecular weight excluding hydrogens is 462 g/mol. The molecule has 0 radical (unpaired) electrons. The van der Waals surface area contributed by atoms with Crippen molar-refractivity contribution in [2.24, 2.45) is 5.92 Å². The number of pyridine rings is 1. The number of hydrogen-bond acceptors (Lipinski definition) is 6. The molecule has 5 rings (SSSR count). The highest BCUT2D eigenvalue weighted by Crippen LogP contribution is 2.40. The van der Waals surface area contributed by atoms with Crippen LogP contribution in [-0.2, 0) is 4.79 Å². The van der Waals surface area contributed by atoms with Gasteiger partial charge in [-0.3, -0.25) is 14.7 Å². The molecule has 1 aliphatic carbocycles. The largest absolute Gasteiger partial charge is 0.345 e. The van der Waals surface area contributed by atoms with Crippen LogP contribution < -0.4 is 5.32 Å². The quantitative estimate of drug-likeness (QED) is 0.463. The fraction of sp³-hybridized carbons (Fsp3) is 0.250. The standard InChI is InChI=1S/C20H15ClF2N6O2S/c1-29(2)19(31)13-15(23)14(21)12(8-6-24-28-16(8)13)10-3-4-11-18(25-10)32-20(26-11)27-17(30)7-5-9(7)22/h3-4,6-7,9H,5H2,1-2H3,(H,24,28)(H,26,27,30)/t7-,9+/m1/s1. The van der Waals surface area contributed by atoms with Crippen molar-refractivity contribution in [2.75, 3.05) is 19.4 Å². The van der Waals surface area contributed by atoms with Crippen LogP contribution in [0.25, 0.3) is 32.5 Å². The normalized spacial score (nSPS) is 17.7. The molecule has 0 saturated heterocycles. The second kappa shape index (κ2) is 7.45. The molecule has 1 aliphatic rings. The van der Waals surface area contributed by atoms with Crippen molar-refractivity contribution in [3.05, 3.63) is 34.7 Å². The van der Waals surface area contributed by atoms with Crippen LogP contribution in [0.3, 0.4) is 0 Å². The van der Waals surface area contributed by atoms with Gasteiger partial charge in [0.1, 0.15) is 22.1 Å². The topological polar surface area (TPSA) is 104 Å². The highest BCUT2D eigenvalue weighted by atomic mass is 35.5. The predicted octanol–water partition coefficient (Wildman–Crippen LogP) is 4.03. The van der Waals surface area contributed by atoms with E-state index in [1.54, 1.807) is 12.1 Å². The Labute approximate surface area is 188 Å². The van der Waals surface area contributed by atoms with Crippen molar-refractivity contribution in [1.29, 1.82) is 0 Å². The molecule has 2 N–H and O–H groups in total. The van der Waals surface area contributed by atoms with E-state index >= 15 is 4.39 Å². The maximum Gasteiger partial charge on any atom is 0.258 e. The zero-order valence-electron chi connectivity index (χ0n) is 16.7. The number of nitrogens with one attached hydrogen (secondary N) is 2. The zero-order valence-corrected chi connectivity index (χ0v) is 18.3. The molecular formula is C20H15ClF2N6O2S. The van der Waals surface area contributed by atoms with Gasteiger partial charge in [-0.15, -0.1) is 0 Å². The number of thiazole rings is 1. The van der Waals surface area contributed by atoms with Gasteiger partial charge in [0.15, 0.2) is 10.9 Å². The van der Waals surface area contributed by atoms with E-state index in [1.807, 2.05) is 0 Å². The average molecular weight is 477 g/mol. The molecule has 8 nitrogen and oxygen atoms in total. The summed E-state index contributed by atoms with van der Waals surface area (Å²) in [4.78, 5) is 35.1. The van der Waals surface area contributed by atoms with Crippen LogP contribution in [0.15, 0.2) is 18.3 Å². The lowest BCUT2D eigenvalue weighted by Crippen LogP contribution is -2.23. The molecule has 4 aromatic rings. The van der Waals surface area contributed by atoms with Crippen LogP contribution in [0, 0.1) is 11.7 Å². The Bertz CT molecular complexity index is 1420.